The normalized spacial score (nSPS) is 28.3. The first-order valence-corrected chi connectivity index (χ1v) is 12.3. The van der Waals surface area contributed by atoms with Crippen molar-refractivity contribution in [1.29, 1.82) is 0 Å². The minimum Gasteiger partial charge on any atom is -0.376 e. The molecule has 6 nitrogen and oxygen atoms in total. The Labute approximate surface area is 195 Å². The molecule has 0 saturated carbocycles. The van der Waals surface area contributed by atoms with E-state index in [9.17, 15) is 9.59 Å². The highest BCUT2D eigenvalue weighted by molar-refractivity contribution is 5.78. The number of benzene rings is 1. The predicted octanol–water partition coefficient (Wildman–Crippen LogP) is 3.74. The van der Waals surface area contributed by atoms with Crippen molar-refractivity contribution in [3.63, 3.8) is 0 Å². The zero-order chi connectivity index (χ0) is 23.2. The van der Waals surface area contributed by atoms with E-state index in [2.05, 4.69) is 53.0 Å². The van der Waals surface area contributed by atoms with Gasteiger partial charge in [-0.2, -0.15) is 0 Å². The summed E-state index contributed by atoms with van der Waals surface area (Å²) in [4.78, 5) is 36.2. The largest absolute Gasteiger partial charge is 0.376 e. The average molecular weight is 450 g/mol. The van der Waals surface area contributed by atoms with Gasteiger partial charge < -0.3 is 14.6 Å². The Balaban J connectivity index is 1.42. The standard InChI is InChI=1S/C27H35N3O3/c1-18-28-23-14-21-10-9-20(13-22(23)25(32)29-18)30(21)24(31)16-27(11-12-33-26(2,3)17-27)15-19-7-5-4-6-8-19/h4-8,20-21H,9-17H2,1-3H3,(H,28,29,32)/t20-,21+,27-/m0/s1. The van der Waals surface area contributed by atoms with Gasteiger partial charge in [0.15, 0.2) is 0 Å². The molecule has 3 atom stereocenters. The molecule has 0 aliphatic carbocycles. The third-order valence-electron chi connectivity index (χ3n) is 7.87. The maximum Gasteiger partial charge on any atom is 0.254 e. The first-order valence-electron chi connectivity index (χ1n) is 12.3. The van der Waals surface area contributed by atoms with Crippen LogP contribution in [0.5, 0.6) is 0 Å². The van der Waals surface area contributed by atoms with Crippen molar-refractivity contribution in [2.24, 2.45) is 5.41 Å². The number of fused-ring (bicyclic) bond motifs is 3. The van der Waals surface area contributed by atoms with Gasteiger partial charge in [-0.05, 0) is 63.9 Å². The van der Waals surface area contributed by atoms with Crippen LogP contribution >= 0.6 is 0 Å². The highest BCUT2D eigenvalue weighted by atomic mass is 16.5. The van der Waals surface area contributed by atoms with Crippen LogP contribution in [0.25, 0.3) is 0 Å². The predicted molar refractivity (Wildman–Crippen MR) is 127 cm³/mol. The summed E-state index contributed by atoms with van der Waals surface area (Å²) in [6, 6.07) is 10.8. The van der Waals surface area contributed by atoms with Gasteiger partial charge in [0, 0.05) is 43.5 Å². The second-order valence-electron chi connectivity index (χ2n) is 11.0. The zero-order valence-electron chi connectivity index (χ0n) is 20.0. The number of aromatic nitrogens is 2. The lowest BCUT2D eigenvalue weighted by Crippen LogP contribution is -2.48. The van der Waals surface area contributed by atoms with Crippen LogP contribution in [-0.2, 0) is 28.8 Å². The first kappa shape index (κ1) is 22.3. The number of aromatic amines is 1. The third kappa shape index (κ3) is 4.50. The van der Waals surface area contributed by atoms with E-state index < -0.39 is 0 Å². The van der Waals surface area contributed by atoms with Crippen molar-refractivity contribution in [1.82, 2.24) is 14.9 Å². The number of hydrogen-bond donors (Lipinski definition) is 1. The van der Waals surface area contributed by atoms with Gasteiger partial charge in [-0.1, -0.05) is 30.3 Å². The molecule has 2 fully saturated rings. The number of amides is 1. The molecular weight excluding hydrogens is 414 g/mol. The number of carbonyl (C=O) groups is 1. The molecule has 5 rings (SSSR count). The fraction of sp³-hybridized carbons (Fsp3) is 0.593. The molecule has 33 heavy (non-hydrogen) atoms. The molecule has 2 saturated heterocycles. The third-order valence-corrected chi connectivity index (χ3v) is 7.87. The van der Waals surface area contributed by atoms with Crippen LogP contribution in [0.1, 0.15) is 68.6 Å². The Morgan fingerprint density at radius 2 is 1.91 bits per heavy atom. The highest BCUT2D eigenvalue weighted by Crippen LogP contribution is 2.45. The molecule has 6 heteroatoms. The maximum absolute atomic E-state index is 14.0. The lowest BCUT2D eigenvalue weighted by molar-refractivity contribution is -0.144. The van der Waals surface area contributed by atoms with Crippen LogP contribution in [0.2, 0.25) is 0 Å². The van der Waals surface area contributed by atoms with E-state index in [4.69, 9.17) is 4.74 Å². The van der Waals surface area contributed by atoms with Crippen molar-refractivity contribution >= 4 is 5.91 Å². The van der Waals surface area contributed by atoms with Crippen LogP contribution in [0.15, 0.2) is 35.1 Å². The van der Waals surface area contributed by atoms with Gasteiger partial charge >= 0.3 is 0 Å². The molecule has 0 radical (unpaired) electrons. The summed E-state index contributed by atoms with van der Waals surface area (Å²) in [7, 11) is 0. The van der Waals surface area contributed by atoms with Crippen molar-refractivity contribution in [2.75, 3.05) is 6.61 Å². The number of carbonyl (C=O) groups excluding carboxylic acids is 1. The molecule has 3 aliphatic rings. The molecular formula is C27H35N3O3. The Hall–Kier alpha value is -2.47. The van der Waals surface area contributed by atoms with Gasteiger partial charge in [-0.25, -0.2) is 4.98 Å². The molecule has 1 aromatic heterocycles. The van der Waals surface area contributed by atoms with E-state index in [0.29, 0.717) is 31.7 Å². The first-order chi connectivity index (χ1) is 15.7. The van der Waals surface area contributed by atoms with Gasteiger partial charge in [0.05, 0.1) is 11.3 Å². The number of nitrogens with one attached hydrogen (secondary N) is 1. The summed E-state index contributed by atoms with van der Waals surface area (Å²) in [5, 5.41) is 0. The Morgan fingerprint density at radius 1 is 1.18 bits per heavy atom. The summed E-state index contributed by atoms with van der Waals surface area (Å²) >= 11 is 0. The summed E-state index contributed by atoms with van der Waals surface area (Å²) in [6.07, 6.45) is 6.42. The van der Waals surface area contributed by atoms with Crippen LogP contribution in [0, 0.1) is 12.3 Å². The number of ether oxygens (including phenoxy) is 1. The van der Waals surface area contributed by atoms with Gasteiger partial charge in [0.25, 0.3) is 5.56 Å². The summed E-state index contributed by atoms with van der Waals surface area (Å²) in [5.41, 5.74) is 2.54. The number of nitrogens with zero attached hydrogens (tertiary/aromatic N) is 2. The van der Waals surface area contributed by atoms with Crippen LogP contribution in [-0.4, -0.2) is 45.1 Å². The van der Waals surface area contributed by atoms with E-state index in [0.717, 1.165) is 43.4 Å². The molecule has 176 valence electrons. The van der Waals surface area contributed by atoms with Crippen molar-refractivity contribution < 1.29 is 9.53 Å². The molecule has 1 aromatic carbocycles. The fourth-order valence-electron chi connectivity index (χ4n) is 6.67. The number of aryl methyl sites for hydroxylation is 1. The second kappa shape index (κ2) is 8.39. The molecule has 1 amide bonds. The zero-order valence-corrected chi connectivity index (χ0v) is 20.0. The van der Waals surface area contributed by atoms with E-state index >= 15 is 0 Å². The average Bonchev–Trinajstić information content (AvgIpc) is 3.03. The molecule has 2 bridgehead atoms. The Bertz CT molecular complexity index is 1090. The topological polar surface area (TPSA) is 75.3 Å². The summed E-state index contributed by atoms with van der Waals surface area (Å²) in [5.74, 6) is 0.887. The van der Waals surface area contributed by atoms with E-state index in [1.807, 2.05) is 13.0 Å². The van der Waals surface area contributed by atoms with Crippen molar-refractivity contribution in [3.05, 3.63) is 63.3 Å². The maximum atomic E-state index is 14.0. The SMILES string of the molecule is Cc1nc2c(c(=O)[nH]1)C[C@@H]1CC[C@H](C2)N1C(=O)C[C@@]1(Cc2ccccc2)CCOC(C)(C)C1. The van der Waals surface area contributed by atoms with Crippen LogP contribution in [0.3, 0.4) is 0 Å². The molecule has 2 aromatic rings. The summed E-state index contributed by atoms with van der Waals surface area (Å²) < 4.78 is 6.06. The molecule has 0 unspecified atom stereocenters. The lowest BCUT2D eigenvalue weighted by atomic mass is 9.68. The Kier molecular flexibility index (Phi) is 5.68. The quantitative estimate of drug-likeness (QED) is 0.772. The van der Waals surface area contributed by atoms with Gasteiger partial charge in [-0.3, -0.25) is 9.59 Å². The molecule has 3 aliphatic heterocycles. The van der Waals surface area contributed by atoms with Crippen molar-refractivity contribution in [2.45, 2.75) is 89.8 Å². The number of rotatable bonds is 4. The van der Waals surface area contributed by atoms with Crippen LogP contribution in [0.4, 0.5) is 0 Å². The minimum atomic E-state index is -0.240. The monoisotopic (exact) mass is 449 g/mol. The van der Waals surface area contributed by atoms with Gasteiger partial charge in [0.1, 0.15) is 5.82 Å². The number of H-pyrrole nitrogens is 1. The molecule has 4 heterocycles. The minimum absolute atomic E-state index is 0.0378. The van der Waals surface area contributed by atoms with Crippen molar-refractivity contribution in [3.8, 4) is 0 Å². The van der Waals surface area contributed by atoms with E-state index in [1.165, 1.54) is 5.56 Å². The molecule has 1 N–H and O–H groups in total. The fourth-order valence-corrected chi connectivity index (χ4v) is 6.67. The molecule has 0 spiro atoms. The van der Waals surface area contributed by atoms with Gasteiger partial charge in [-0.15, -0.1) is 0 Å². The second-order valence-corrected chi connectivity index (χ2v) is 11.0. The Morgan fingerprint density at radius 3 is 2.64 bits per heavy atom. The smallest absolute Gasteiger partial charge is 0.254 e. The highest BCUT2D eigenvalue weighted by Gasteiger charge is 2.46. The van der Waals surface area contributed by atoms with E-state index in [1.54, 1.807) is 0 Å². The summed E-state index contributed by atoms with van der Waals surface area (Å²) in [6.45, 7) is 6.80. The van der Waals surface area contributed by atoms with Crippen LogP contribution < -0.4 is 5.56 Å². The van der Waals surface area contributed by atoms with E-state index in [-0.39, 0.29) is 34.6 Å². The lowest BCUT2D eigenvalue weighted by Gasteiger charge is -2.46. The van der Waals surface area contributed by atoms with Gasteiger partial charge in [0.2, 0.25) is 5.91 Å². The number of hydrogen-bond acceptors (Lipinski definition) is 4.